The van der Waals surface area contributed by atoms with Crippen LogP contribution in [0.15, 0.2) is 30.3 Å². The molecule has 1 aliphatic rings. The van der Waals surface area contributed by atoms with Crippen molar-refractivity contribution in [2.75, 3.05) is 0 Å². The smallest absolute Gasteiger partial charge is 0.137 e. The van der Waals surface area contributed by atoms with E-state index in [4.69, 9.17) is 0 Å². The fourth-order valence-electron chi connectivity index (χ4n) is 2.76. The summed E-state index contributed by atoms with van der Waals surface area (Å²) < 4.78 is 0. The molecule has 1 aliphatic carbocycles. The fourth-order valence-corrected chi connectivity index (χ4v) is 2.76. The minimum absolute atomic E-state index is 0.380. The molecule has 0 unspecified atom stereocenters. The van der Waals surface area contributed by atoms with Gasteiger partial charge in [-0.25, -0.2) is 0 Å². The van der Waals surface area contributed by atoms with Gasteiger partial charge in [-0.15, -0.1) is 0 Å². The molecule has 0 spiro atoms. The van der Waals surface area contributed by atoms with Crippen LogP contribution in [-0.4, -0.2) is 5.78 Å². The summed E-state index contributed by atoms with van der Waals surface area (Å²) in [5.74, 6) is 0.380. The highest BCUT2D eigenvalue weighted by Gasteiger charge is 2.16. The van der Waals surface area contributed by atoms with Crippen LogP contribution < -0.4 is 0 Å². The second-order valence-corrected chi connectivity index (χ2v) is 4.83. The number of hydrogen-bond acceptors (Lipinski definition) is 1. The Hall–Kier alpha value is -1.63. The van der Waals surface area contributed by atoms with Crippen LogP contribution in [0.2, 0.25) is 0 Å². The molecule has 0 saturated heterocycles. The van der Waals surface area contributed by atoms with Crippen LogP contribution in [-0.2, 0) is 24.1 Å². The Labute approximate surface area is 101 Å². The van der Waals surface area contributed by atoms with Crippen LogP contribution in [0, 0.1) is 0 Å². The summed E-state index contributed by atoms with van der Waals surface area (Å²) in [6.07, 6.45) is 3.31. The normalized spacial score (nSPS) is 15.0. The second-order valence-electron chi connectivity index (χ2n) is 4.83. The number of aryl methyl sites for hydroxylation is 2. The number of hydrogen-bond donors (Lipinski definition) is 0. The minimum Gasteiger partial charge on any atom is -0.299 e. The molecule has 0 atom stereocenters. The Morgan fingerprint density at radius 3 is 2.82 bits per heavy atom. The first kappa shape index (κ1) is 10.5. The molecule has 0 bridgehead atoms. The molecule has 0 saturated carbocycles. The van der Waals surface area contributed by atoms with Gasteiger partial charge in [0, 0.05) is 12.8 Å². The van der Waals surface area contributed by atoms with E-state index in [1.165, 1.54) is 27.5 Å². The van der Waals surface area contributed by atoms with Crippen molar-refractivity contribution in [3.8, 4) is 0 Å². The van der Waals surface area contributed by atoms with Crippen LogP contribution in [0.5, 0.6) is 0 Å². The number of fused-ring (bicyclic) bond motifs is 2. The molecule has 86 valence electrons. The lowest BCUT2D eigenvalue weighted by Crippen LogP contribution is -2.13. The van der Waals surface area contributed by atoms with E-state index in [1.807, 2.05) is 0 Å². The zero-order chi connectivity index (χ0) is 11.8. The summed E-state index contributed by atoms with van der Waals surface area (Å²) in [7, 11) is 0. The Kier molecular flexibility index (Phi) is 2.47. The van der Waals surface area contributed by atoms with Crippen molar-refractivity contribution < 1.29 is 4.79 Å². The van der Waals surface area contributed by atoms with Gasteiger partial charge in [-0.05, 0) is 40.3 Å². The Morgan fingerprint density at radius 1 is 1.12 bits per heavy atom. The van der Waals surface area contributed by atoms with Gasteiger partial charge in [0.25, 0.3) is 0 Å². The van der Waals surface area contributed by atoms with E-state index >= 15 is 0 Å². The van der Waals surface area contributed by atoms with Crippen molar-refractivity contribution in [1.82, 2.24) is 0 Å². The molecule has 0 radical (unpaired) electrons. The Bertz CT molecular complexity index is 596. The maximum atomic E-state index is 11.5. The minimum atomic E-state index is 0.380. The quantitative estimate of drug-likeness (QED) is 0.725. The van der Waals surface area contributed by atoms with Crippen LogP contribution in [0.4, 0.5) is 0 Å². The second kappa shape index (κ2) is 3.99. The molecule has 0 fully saturated rings. The third-order valence-corrected chi connectivity index (χ3v) is 3.73. The van der Waals surface area contributed by atoms with Crippen molar-refractivity contribution in [2.24, 2.45) is 0 Å². The summed E-state index contributed by atoms with van der Waals surface area (Å²) >= 11 is 0. The van der Waals surface area contributed by atoms with Gasteiger partial charge in [0.1, 0.15) is 5.78 Å². The molecular formula is C16H16O. The number of Topliss-reactive ketones (excluding diaryl/α,β-unsaturated/α-hetero) is 1. The Morgan fingerprint density at radius 2 is 2.00 bits per heavy atom. The van der Waals surface area contributed by atoms with Gasteiger partial charge in [0.05, 0.1) is 0 Å². The van der Waals surface area contributed by atoms with Crippen LogP contribution in [0.1, 0.15) is 30.0 Å². The van der Waals surface area contributed by atoms with E-state index in [2.05, 4.69) is 37.3 Å². The summed E-state index contributed by atoms with van der Waals surface area (Å²) in [5, 5.41) is 2.64. The third kappa shape index (κ3) is 1.76. The molecule has 0 aromatic heterocycles. The maximum Gasteiger partial charge on any atom is 0.137 e. The number of carbonyl (C=O) groups is 1. The predicted molar refractivity (Wildman–Crippen MR) is 70.4 cm³/mol. The van der Waals surface area contributed by atoms with Gasteiger partial charge < -0.3 is 0 Å². The first-order valence-electron chi connectivity index (χ1n) is 6.33. The zero-order valence-corrected chi connectivity index (χ0v) is 10.1. The lowest BCUT2D eigenvalue weighted by Gasteiger charge is -2.17. The van der Waals surface area contributed by atoms with Gasteiger partial charge in [-0.1, -0.05) is 37.3 Å². The first-order chi connectivity index (χ1) is 8.28. The standard InChI is InChI=1S/C16H16O/c1-2-11-4-3-5-13-8-12-6-7-15(17)9-14(12)10-16(11)13/h3-5,8,10H,2,6-7,9H2,1H3. The molecule has 1 nitrogen and oxygen atoms in total. The summed E-state index contributed by atoms with van der Waals surface area (Å²) in [4.78, 5) is 11.5. The first-order valence-corrected chi connectivity index (χ1v) is 6.33. The Balaban J connectivity index is 2.25. The lowest BCUT2D eigenvalue weighted by molar-refractivity contribution is -0.118. The van der Waals surface area contributed by atoms with E-state index in [0.29, 0.717) is 18.6 Å². The highest BCUT2D eigenvalue weighted by molar-refractivity contribution is 5.90. The molecule has 1 heteroatoms. The third-order valence-electron chi connectivity index (χ3n) is 3.73. The van der Waals surface area contributed by atoms with Gasteiger partial charge in [0.2, 0.25) is 0 Å². The topological polar surface area (TPSA) is 17.1 Å². The fraction of sp³-hybridized carbons (Fsp3) is 0.312. The van der Waals surface area contributed by atoms with E-state index in [0.717, 1.165) is 12.8 Å². The van der Waals surface area contributed by atoms with E-state index < -0.39 is 0 Å². The van der Waals surface area contributed by atoms with E-state index in [1.54, 1.807) is 0 Å². The maximum absolute atomic E-state index is 11.5. The average Bonchev–Trinajstić information content (AvgIpc) is 2.35. The molecule has 0 N–H and O–H groups in total. The summed E-state index contributed by atoms with van der Waals surface area (Å²) in [5.41, 5.74) is 3.99. The largest absolute Gasteiger partial charge is 0.299 e. The summed E-state index contributed by atoms with van der Waals surface area (Å²) in [6.45, 7) is 2.18. The van der Waals surface area contributed by atoms with Crippen LogP contribution in [0.3, 0.4) is 0 Å². The van der Waals surface area contributed by atoms with Crippen molar-refractivity contribution in [3.05, 3.63) is 47.0 Å². The van der Waals surface area contributed by atoms with Crippen LogP contribution in [0.25, 0.3) is 10.8 Å². The highest BCUT2D eigenvalue weighted by Crippen LogP contribution is 2.27. The molecule has 0 aliphatic heterocycles. The highest BCUT2D eigenvalue weighted by atomic mass is 16.1. The van der Waals surface area contributed by atoms with E-state index in [-0.39, 0.29) is 0 Å². The lowest BCUT2D eigenvalue weighted by atomic mass is 9.87. The van der Waals surface area contributed by atoms with Crippen molar-refractivity contribution >= 4 is 16.6 Å². The molecule has 17 heavy (non-hydrogen) atoms. The number of rotatable bonds is 1. The number of carbonyl (C=O) groups excluding carboxylic acids is 1. The molecule has 2 aromatic carbocycles. The molecule has 0 amide bonds. The van der Waals surface area contributed by atoms with Gasteiger partial charge in [-0.2, -0.15) is 0 Å². The van der Waals surface area contributed by atoms with E-state index in [9.17, 15) is 4.79 Å². The molecule has 2 aromatic rings. The average molecular weight is 224 g/mol. The SMILES string of the molecule is CCc1cccc2cc3c(cc12)CC(=O)CC3. The van der Waals surface area contributed by atoms with Gasteiger partial charge in [-0.3, -0.25) is 4.79 Å². The van der Waals surface area contributed by atoms with Gasteiger partial charge in [0.15, 0.2) is 0 Å². The zero-order valence-electron chi connectivity index (χ0n) is 10.1. The van der Waals surface area contributed by atoms with Gasteiger partial charge >= 0.3 is 0 Å². The number of ketones is 1. The molecule has 3 rings (SSSR count). The van der Waals surface area contributed by atoms with Crippen molar-refractivity contribution in [2.45, 2.75) is 32.6 Å². The predicted octanol–water partition coefficient (Wildman–Crippen LogP) is 3.46. The number of benzene rings is 2. The van der Waals surface area contributed by atoms with Crippen molar-refractivity contribution in [1.29, 1.82) is 0 Å². The molecule has 0 heterocycles. The van der Waals surface area contributed by atoms with Crippen molar-refractivity contribution in [3.63, 3.8) is 0 Å². The monoisotopic (exact) mass is 224 g/mol. The van der Waals surface area contributed by atoms with Crippen LogP contribution >= 0.6 is 0 Å². The summed E-state index contributed by atoms with van der Waals surface area (Å²) in [6, 6.07) is 11.0. The molecular weight excluding hydrogens is 208 g/mol.